The highest BCUT2D eigenvalue weighted by Crippen LogP contribution is 2.21. The van der Waals surface area contributed by atoms with Crippen LogP contribution in [-0.2, 0) is 0 Å². The number of carbonyl (C=O) groups excluding carboxylic acids is 1. The van der Waals surface area contributed by atoms with Crippen LogP contribution in [0.5, 0.6) is 0 Å². The molecule has 1 N–H and O–H groups in total. The maximum absolute atomic E-state index is 11.6. The van der Waals surface area contributed by atoms with Crippen LogP contribution >= 0.6 is 27.5 Å². The van der Waals surface area contributed by atoms with Gasteiger partial charge in [0.1, 0.15) is 0 Å². The van der Waals surface area contributed by atoms with Gasteiger partial charge in [0.25, 0.3) is 5.91 Å². The van der Waals surface area contributed by atoms with Crippen LogP contribution in [0.25, 0.3) is 0 Å². The minimum atomic E-state index is -0.141. The van der Waals surface area contributed by atoms with Crippen LogP contribution in [0.2, 0.25) is 5.02 Å². The first kappa shape index (κ1) is 11.5. The number of benzene rings is 1. The van der Waals surface area contributed by atoms with Crippen molar-refractivity contribution in [3.05, 3.63) is 33.3 Å². The molecule has 1 rings (SSSR count). The lowest BCUT2D eigenvalue weighted by Gasteiger charge is -2.09. The third-order valence-electron chi connectivity index (χ3n) is 1.60. The zero-order valence-electron chi connectivity index (χ0n) is 7.97. The van der Waals surface area contributed by atoms with E-state index in [9.17, 15) is 4.79 Å². The number of carbonyl (C=O) groups is 1. The first-order chi connectivity index (χ1) is 6.50. The Hall–Kier alpha value is -0.540. The molecule has 14 heavy (non-hydrogen) atoms. The Kier molecular flexibility index (Phi) is 3.96. The molecular weight excluding hydrogens is 265 g/mol. The Labute approximate surface area is 96.8 Å². The van der Waals surface area contributed by atoms with Crippen molar-refractivity contribution >= 4 is 33.4 Å². The average Bonchev–Trinajstić information content (AvgIpc) is 2.01. The number of hydrogen-bond acceptors (Lipinski definition) is 1. The molecule has 4 heteroatoms. The predicted octanol–water partition coefficient (Wildman–Crippen LogP) is 3.24. The van der Waals surface area contributed by atoms with Crippen molar-refractivity contribution < 1.29 is 4.79 Å². The zero-order valence-corrected chi connectivity index (χ0v) is 10.3. The molecule has 1 aromatic rings. The van der Waals surface area contributed by atoms with E-state index in [2.05, 4.69) is 21.2 Å². The molecule has 0 saturated heterocycles. The molecule has 0 fully saturated rings. The van der Waals surface area contributed by atoms with Gasteiger partial charge in [-0.3, -0.25) is 4.79 Å². The fourth-order valence-electron chi connectivity index (χ4n) is 1.01. The Morgan fingerprint density at radius 2 is 2.14 bits per heavy atom. The summed E-state index contributed by atoms with van der Waals surface area (Å²) in [5.41, 5.74) is 0.503. The van der Waals surface area contributed by atoms with Gasteiger partial charge in [0, 0.05) is 10.5 Å². The standard InChI is InChI=1S/C10H11BrClNO/c1-6(2)13-10(14)8-4-3-7(11)5-9(8)12/h3-6H,1-2H3,(H,13,14). The summed E-state index contributed by atoms with van der Waals surface area (Å²) in [6.07, 6.45) is 0. The first-order valence-electron chi connectivity index (χ1n) is 4.26. The Morgan fingerprint density at radius 3 is 2.64 bits per heavy atom. The van der Waals surface area contributed by atoms with E-state index in [4.69, 9.17) is 11.6 Å². The zero-order chi connectivity index (χ0) is 10.7. The normalized spacial score (nSPS) is 10.4. The van der Waals surface area contributed by atoms with Crippen LogP contribution in [0.1, 0.15) is 24.2 Å². The summed E-state index contributed by atoms with van der Waals surface area (Å²) < 4.78 is 0.864. The van der Waals surface area contributed by atoms with Crippen molar-refractivity contribution in [2.24, 2.45) is 0 Å². The van der Waals surface area contributed by atoms with Crippen molar-refractivity contribution in [2.75, 3.05) is 0 Å². The number of hydrogen-bond donors (Lipinski definition) is 1. The molecule has 0 aliphatic rings. The molecule has 0 atom stereocenters. The molecule has 1 amide bonds. The Morgan fingerprint density at radius 1 is 1.50 bits per heavy atom. The van der Waals surface area contributed by atoms with Gasteiger partial charge < -0.3 is 5.32 Å². The van der Waals surface area contributed by atoms with Crippen molar-refractivity contribution in [2.45, 2.75) is 19.9 Å². The molecule has 76 valence electrons. The van der Waals surface area contributed by atoms with Crippen molar-refractivity contribution in [3.63, 3.8) is 0 Å². The number of amides is 1. The summed E-state index contributed by atoms with van der Waals surface area (Å²) in [4.78, 5) is 11.6. The van der Waals surface area contributed by atoms with Gasteiger partial charge in [0.05, 0.1) is 10.6 Å². The topological polar surface area (TPSA) is 29.1 Å². The summed E-state index contributed by atoms with van der Waals surface area (Å²) in [7, 11) is 0. The van der Waals surface area contributed by atoms with E-state index in [0.717, 1.165) is 4.47 Å². The maximum atomic E-state index is 11.6. The fourth-order valence-corrected chi connectivity index (χ4v) is 1.77. The molecule has 0 bridgehead atoms. The minimum absolute atomic E-state index is 0.113. The van der Waals surface area contributed by atoms with Crippen molar-refractivity contribution in [1.29, 1.82) is 0 Å². The van der Waals surface area contributed by atoms with E-state index in [1.165, 1.54) is 0 Å². The van der Waals surface area contributed by atoms with Crippen LogP contribution in [0.15, 0.2) is 22.7 Å². The van der Waals surface area contributed by atoms with Gasteiger partial charge in [0.2, 0.25) is 0 Å². The molecule has 0 saturated carbocycles. The highest BCUT2D eigenvalue weighted by atomic mass is 79.9. The first-order valence-corrected chi connectivity index (χ1v) is 5.43. The van der Waals surface area contributed by atoms with E-state index in [1.54, 1.807) is 18.2 Å². The van der Waals surface area contributed by atoms with Gasteiger partial charge in [-0.25, -0.2) is 0 Å². The Balaban J connectivity index is 2.90. The third kappa shape index (κ3) is 3.00. The number of halogens is 2. The molecule has 0 aliphatic heterocycles. The highest BCUT2D eigenvalue weighted by Gasteiger charge is 2.10. The predicted molar refractivity (Wildman–Crippen MR) is 61.8 cm³/mol. The van der Waals surface area contributed by atoms with Gasteiger partial charge in [-0.2, -0.15) is 0 Å². The van der Waals surface area contributed by atoms with Crippen molar-refractivity contribution in [3.8, 4) is 0 Å². The van der Waals surface area contributed by atoms with Gasteiger partial charge in [0.15, 0.2) is 0 Å². The van der Waals surface area contributed by atoms with Crippen LogP contribution in [-0.4, -0.2) is 11.9 Å². The van der Waals surface area contributed by atoms with E-state index in [0.29, 0.717) is 10.6 Å². The molecule has 0 unspecified atom stereocenters. The van der Waals surface area contributed by atoms with E-state index >= 15 is 0 Å². The quantitative estimate of drug-likeness (QED) is 0.883. The molecule has 0 aromatic heterocycles. The largest absolute Gasteiger partial charge is 0.350 e. The summed E-state index contributed by atoms with van der Waals surface area (Å²) in [6.45, 7) is 3.81. The van der Waals surface area contributed by atoms with Crippen LogP contribution in [0.4, 0.5) is 0 Å². The third-order valence-corrected chi connectivity index (χ3v) is 2.40. The van der Waals surface area contributed by atoms with E-state index in [-0.39, 0.29) is 11.9 Å². The van der Waals surface area contributed by atoms with Crippen LogP contribution in [0.3, 0.4) is 0 Å². The number of nitrogens with one attached hydrogen (secondary N) is 1. The second-order valence-corrected chi connectivity index (χ2v) is 4.58. The number of rotatable bonds is 2. The maximum Gasteiger partial charge on any atom is 0.252 e. The minimum Gasteiger partial charge on any atom is -0.350 e. The Bertz CT molecular complexity index is 352. The molecule has 0 radical (unpaired) electrons. The van der Waals surface area contributed by atoms with Gasteiger partial charge >= 0.3 is 0 Å². The molecule has 2 nitrogen and oxygen atoms in total. The monoisotopic (exact) mass is 275 g/mol. The molecule has 0 spiro atoms. The van der Waals surface area contributed by atoms with Crippen LogP contribution < -0.4 is 5.32 Å². The van der Waals surface area contributed by atoms with Gasteiger partial charge in [-0.15, -0.1) is 0 Å². The lowest BCUT2D eigenvalue weighted by Crippen LogP contribution is -2.30. The fraction of sp³-hybridized carbons (Fsp3) is 0.300. The molecule has 1 aromatic carbocycles. The van der Waals surface area contributed by atoms with E-state index < -0.39 is 0 Å². The van der Waals surface area contributed by atoms with Crippen LogP contribution in [0, 0.1) is 0 Å². The molecular formula is C10H11BrClNO. The second-order valence-electron chi connectivity index (χ2n) is 3.25. The smallest absolute Gasteiger partial charge is 0.252 e. The summed E-state index contributed by atoms with van der Waals surface area (Å²) in [5, 5.41) is 3.24. The van der Waals surface area contributed by atoms with Crippen molar-refractivity contribution in [1.82, 2.24) is 5.32 Å². The summed E-state index contributed by atoms with van der Waals surface area (Å²) in [5.74, 6) is -0.141. The second kappa shape index (κ2) is 4.80. The SMILES string of the molecule is CC(C)NC(=O)c1ccc(Br)cc1Cl. The lowest BCUT2D eigenvalue weighted by molar-refractivity contribution is 0.0943. The summed E-state index contributed by atoms with van der Waals surface area (Å²) >= 11 is 9.20. The average molecular weight is 277 g/mol. The van der Waals surface area contributed by atoms with Gasteiger partial charge in [-0.1, -0.05) is 27.5 Å². The highest BCUT2D eigenvalue weighted by molar-refractivity contribution is 9.10. The van der Waals surface area contributed by atoms with Gasteiger partial charge in [-0.05, 0) is 32.0 Å². The summed E-state index contributed by atoms with van der Waals surface area (Å²) in [6, 6.07) is 5.31. The molecule has 0 heterocycles. The van der Waals surface area contributed by atoms with E-state index in [1.807, 2.05) is 13.8 Å². The molecule has 0 aliphatic carbocycles. The lowest BCUT2D eigenvalue weighted by atomic mass is 10.2.